The van der Waals surface area contributed by atoms with Gasteiger partial charge in [0.2, 0.25) is 5.82 Å². The summed E-state index contributed by atoms with van der Waals surface area (Å²) < 4.78 is 90.0. The van der Waals surface area contributed by atoms with E-state index in [1.807, 2.05) is 24.3 Å². The number of rotatable bonds is 7. The Morgan fingerprint density at radius 3 is 1.79 bits per heavy atom. The van der Waals surface area contributed by atoms with Gasteiger partial charge in [0.1, 0.15) is 29.4 Å². The van der Waals surface area contributed by atoms with Gasteiger partial charge in [-0.15, -0.1) is 0 Å². The molecule has 3 aliphatic carbocycles. The summed E-state index contributed by atoms with van der Waals surface area (Å²) in [5.74, 6) is -15.0. The van der Waals surface area contributed by atoms with E-state index < -0.39 is 68.3 Å². The third-order valence-corrected chi connectivity index (χ3v) is 9.28. The van der Waals surface area contributed by atoms with Crippen LogP contribution in [0.1, 0.15) is 70.4 Å². The lowest BCUT2D eigenvalue weighted by Crippen LogP contribution is -2.47. The van der Waals surface area contributed by atoms with Crippen molar-refractivity contribution in [3.8, 4) is 17.2 Å². The maximum Gasteiger partial charge on any atom is 0.349 e. The van der Waals surface area contributed by atoms with Crippen LogP contribution in [0, 0.1) is 44.6 Å². The number of carbonyl (C=O) groups excluding carboxylic acids is 2. The molecule has 0 amide bonds. The quantitative estimate of drug-likeness (QED) is 0.0316. The van der Waals surface area contributed by atoms with Crippen LogP contribution in [0.4, 0.5) is 27.6 Å². The second kappa shape index (κ2) is 12.3. The molecule has 0 saturated carbocycles. The van der Waals surface area contributed by atoms with E-state index in [0.29, 0.717) is 16.7 Å². The molecular weight excluding hydrogens is 689 g/mol. The largest absolute Gasteiger partial charge is 0.492 e. The summed E-state index contributed by atoms with van der Waals surface area (Å²) in [5.41, 5.74) is -1.04. The van der Waals surface area contributed by atoms with E-state index in [0.717, 1.165) is 11.1 Å². The van der Waals surface area contributed by atoms with Gasteiger partial charge in [-0.25, -0.2) is 26.7 Å². The first-order valence-electron chi connectivity index (χ1n) is 15.9. The average molecular weight is 716 g/mol. The van der Waals surface area contributed by atoms with Gasteiger partial charge in [0.15, 0.2) is 23.3 Å². The fourth-order valence-corrected chi connectivity index (χ4v) is 6.92. The van der Waals surface area contributed by atoms with Crippen molar-refractivity contribution in [3.05, 3.63) is 163 Å². The van der Waals surface area contributed by atoms with Crippen LogP contribution in [0.2, 0.25) is 0 Å². The number of esters is 2. The van der Waals surface area contributed by atoms with Gasteiger partial charge < -0.3 is 14.2 Å². The Morgan fingerprint density at radius 2 is 1.25 bits per heavy atom. The first-order chi connectivity index (χ1) is 24.7. The third kappa shape index (κ3) is 5.18. The Bertz CT molecular complexity index is 2260. The standard InChI is InChI=1S/C39H26F5NO7/c1-38(2,3)37(47)52-25-16-17-26(51-36(46)29-31(40)33(42)35(44)34(43)32(29)41)30-28(25)27-21-8-4-6-10-23(21)39(30,24-11-7-5-9-22(24)27)18-50-20-14-12-19(13-15-20)45(48)49/h4-17,27H,18H2,1-3H3. The van der Waals surface area contributed by atoms with Gasteiger partial charge in [0, 0.05) is 29.2 Å². The van der Waals surface area contributed by atoms with E-state index in [1.165, 1.54) is 36.4 Å². The third-order valence-electron chi connectivity index (χ3n) is 9.28. The zero-order chi connectivity index (χ0) is 37.3. The molecule has 3 aliphatic rings. The van der Waals surface area contributed by atoms with Crippen LogP contribution >= 0.6 is 0 Å². The number of hydrogen-bond donors (Lipinski definition) is 0. The molecule has 0 aromatic heterocycles. The Kier molecular flexibility index (Phi) is 8.12. The molecule has 0 N–H and O–H groups in total. The number of nitro groups is 1. The molecule has 0 aliphatic heterocycles. The van der Waals surface area contributed by atoms with E-state index in [2.05, 4.69) is 0 Å². The molecule has 264 valence electrons. The second-order valence-electron chi connectivity index (χ2n) is 13.4. The van der Waals surface area contributed by atoms with E-state index in [9.17, 15) is 41.7 Å². The summed E-state index contributed by atoms with van der Waals surface area (Å²) in [6.45, 7) is 4.69. The highest BCUT2D eigenvalue weighted by Gasteiger charge is 2.55. The highest BCUT2D eigenvalue weighted by molar-refractivity contribution is 5.93. The van der Waals surface area contributed by atoms with Crippen molar-refractivity contribution < 1.29 is 50.7 Å². The van der Waals surface area contributed by atoms with Crippen LogP contribution in [0.25, 0.3) is 0 Å². The fraction of sp³-hybridized carbons (Fsp3) is 0.179. The summed E-state index contributed by atoms with van der Waals surface area (Å²) in [6.07, 6.45) is 0. The fourth-order valence-electron chi connectivity index (χ4n) is 6.92. The van der Waals surface area contributed by atoms with E-state index >= 15 is 0 Å². The Morgan fingerprint density at radius 1 is 0.731 bits per heavy atom. The number of ether oxygens (including phenoxy) is 3. The van der Waals surface area contributed by atoms with Gasteiger partial charge in [-0.2, -0.15) is 0 Å². The van der Waals surface area contributed by atoms with Gasteiger partial charge in [-0.3, -0.25) is 14.9 Å². The lowest BCUT2D eigenvalue weighted by atomic mass is 9.53. The number of benzene rings is 5. The number of nitro benzene ring substituents is 1. The Hall–Kier alpha value is -6.11. The van der Waals surface area contributed by atoms with Crippen molar-refractivity contribution in [1.82, 2.24) is 0 Å². The zero-order valence-corrected chi connectivity index (χ0v) is 27.6. The SMILES string of the molecule is CC(C)(C)C(=O)Oc1ccc(OC(=O)c2c(F)c(F)c(F)c(F)c2F)c2c1C1c3ccccc3C2(COc2ccc([N+](=O)[O-])cc2)c2ccccc21. The molecule has 8 nitrogen and oxygen atoms in total. The highest BCUT2D eigenvalue weighted by Crippen LogP contribution is 2.63. The van der Waals surface area contributed by atoms with Gasteiger partial charge in [-0.1, -0.05) is 48.5 Å². The minimum Gasteiger partial charge on any atom is -0.492 e. The average Bonchev–Trinajstić information content (AvgIpc) is 3.13. The molecule has 0 heterocycles. The van der Waals surface area contributed by atoms with Crippen LogP contribution in [0.3, 0.4) is 0 Å². The zero-order valence-electron chi connectivity index (χ0n) is 27.6. The number of hydrogen-bond acceptors (Lipinski definition) is 7. The van der Waals surface area contributed by atoms with Crippen molar-refractivity contribution in [2.24, 2.45) is 5.41 Å². The number of nitrogens with zero attached hydrogens (tertiary/aromatic N) is 1. The molecule has 0 atom stereocenters. The van der Waals surface area contributed by atoms with E-state index in [4.69, 9.17) is 14.2 Å². The molecule has 2 bridgehead atoms. The van der Waals surface area contributed by atoms with Gasteiger partial charge >= 0.3 is 11.9 Å². The topological polar surface area (TPSA) is 105 Å². The van der Waals surface area contributed by atoms with E-state index in [1.54, 1.807) is 45.0 Å². The van der Waals surface area contributed by atoms with Gasteiger partial charge in [0.05, 0.1) is 15.8 Å². The van der Waals surface area contributed by atoms with Crippen LogP contribution in [-0.2, 0) is 10.2 Å². The Labute approximate surface area is 292 Å². The van der Waals surface area contributed by atoms with Gasteiger partial charge in [0.25, 0.3) is 5.69 Å². The highest BCUT2D eigenvalue weighted by atomic mass is 19.2. The van der Waals surface area contributed by atoms with Crippen molar-refractivity contribution in [2.75, 3.05) is 6.61 Å². The van der Waals surface area contributed by atoms with Crippen molar-refractivity contribution >= 4 is 17.6 Å². The molecule has 13 heteroatoms. The molecule has 52 heavy (non-hydrogen) atoms. The molecule has 5 aromatic carbocycles. The molecule has 5 aromatic rings. The van der Waals surface area contributed by atoms with E-state index in [-0.39, 0.29) is 35.1 Å². The summed E-state index contributed by atoms with van der Waals surface area (Å²) in [5, 5.41) is 11.3. The summed E-state index contributed by atoms with van der Waals surface area (Å²) in [7, 11) is 0. The van der Waals surface area contributed by atoms with Gasteiger partial charge in [-0.05, 0) is 67.3 Å². The predicted molar refractivity (Wildman–Crippen MR) is 175 cm³/mol. The molecule has 8 rings (SSSR count). The van der Waals surface area contributed by atoms with Crippen molar-refractivity contribution in [2.45, 2.75) is 32.1 Å². The monoisotopic (exact) mass is 715 g/mol. The molecule has 0 radical (unpaired) electrons. The van der Waals surface area contributed by atoms with Crippen LogP contribution in [0.15, 0.2) is 84.9 Å². The lowest BCUT2D eigenvalue weighted by Gasteiger charge is -2.50. The second-order valence-corrected chi connectivity index (χ2v) is 13.4. The molecular formula is C39H26F5NO7. The first kappa shape index (κ1) is 34.3. The minimum atomic E-state index is -2.44. The van der Waals surface area contributed by atoms with Crippen LogP contribution in [0.5, 0.6) is 17.2 Å². The maximum atomic E-state index is 14.9. The van der Waals surface area contributed by atoms with Crippen molar-refractivity contribution in [3.63, 3.8) is 0 Å². The first-order valence-corrected chi connectivity index (χ1v) is 15.9. The molecule has 0 saturated heterocycles. The lowest BCUT2D eigenvalue weighted by molar-refractivity contribution is -0.384. The molecule has 0 fully saturated rings. The number of halogens is 5. The summed E-state index contributed by atoms with van der Waals surface area (Å²) >= 11 is 0. The molecule has 0 spiro atoms. The predicted octanol–water partition coefficient (Wildman–Crippen LogP) is 8.68. The molecule has 0 unspecified atom stereocenters. The normalized spacial score (nSPS) is 16.7. The maximum absolute atomic E-state index is 14.9. The smallest absolute Gasteiger partial charge is 0.349 e. The van der Waals surface area contributed by atoms with Crippen molar-refractivity contribution in [1.29, 1.82) is 0 Å². The minimum absolute atomic E-state index is 0.0691. The number of non-ortho nitro benzene ring substituents is 1. The van der Waals surface area contributed by atoms with Crippen LogP contribution in [-0.4, -0.2) is 23.5 Å². The number of carbonyl (C=O) groups is 2. The van der Waals surface area contributed by atoms with Crippen LogP contribution < -0.4 is 14.2 Å². The summed E-state index contributed by atoms with van der Waals surface area (Å²) in [6, 6.07) is 22.3. The summed E-state index contributed by atoms with van der Waals surface area (Å²) in [4.78, 5) is 37.6. The Balaban J connectivity index is 1.49.